The summed E-state index contributed by atoms with van der Waals surface area (Å²) in [6.07, 6.45) is 2.78. The first-order chi connectivity index (χ1) is 9.19. The summed E-state index contributed by atoms with van der Waals surface area (Å²) in [6, 6.07) is 7.52. The summed E-state index contributed by atoms with van der Waals surface area (Å²) in [5.41, 5.74) is 0.777. The third-order valence-corrected chi connectivity index (χ3v) is 4.21. The van der Waals surface area contributed by atoms with Crippen LogP contribution in [0.1, 0.15) is 29.6 Å². The van der Waals surface area contributed by atoms with Crippen molar-refractivity contribution in [2.24, 2.45) is 5.92 Å². The maximum Gasteiger partial charge on any atom is 0.164 e. The monoisotopic (exact) mass is 325 g/mol. The molecule has 3 nitrogen and oxygen atoms in total. The van der Waals surface area contributed by atoms with Crippen LogP contribution >= 0.6 is 15.9 Å². The molecule has 1 aliphatic heterocycles. The fourth-order valence-electron chi connectivity index (χ4n) is 2.54. The van der Waals surface area contributed by atoms with Crippen LogP contribution in [0.2, 0.25) is 0 Å². The van der Waals surface area contributed by atoms with Gasteiger partial charge in [-0.15, -0.1) is 0 Å². The number of aliphatic hydroxyl groups is 1. The van der Waals surface area contributed by atoms with E-state index in [1.807, 2.05) is 24.3 Å². The van der Waals surface area contributed by atoms with Crippen LogP contribution in [-0.2, 0) is 0 Å². The van der Waals surface area contributed by atoms with Crippen LogP contribution in [0.25, 0.3) is 0 Å². The summed E-state index contributed by atoms with van der Waals surface area (Å²) >= 11 is 3.37. The largest absolute Gasteiger partial charge is 0.396 e. The zero-order chi connectivity index (χ0) is 13.7. The SMILES string of the molecule is O=C(CCN1CCCC(CO)C1)c1ccc(Br)cc1. The second-order valence-electron chi connectivity index (χ2n) is 5.17. The van der Waals surface area contributed by atoms with Crippen LogP contribution < -0.4 is 0 Å². The Morgan fingerprint density at radius 1 is 1.37 bits per heavy atom. The third-order valence-electron chi connectivity index (χ3n) is 3.68. The number of carbonyl (C=O) groups excluding carboxylic acids is 1. The highest BCUT2D eigenvalue weighted by molar-refractivity contribution is 9.10. The molecule has 0 saturated carbocycles. The topological polar surface area (TPSA) is 40.5 Å². The molecular weight excluding hydrogens is 306 g/mol. The van der Waals surface area contributed by atoms with E-state index in [0.717, 1.165) is 42.5 Å². The molecule has 0 aromatic heterocycles. The lowest BCUT2D eigenvalue weighted by molar-refractivity contribution is 0.0917. The summed E-state index contributed by atoms with van der Waals surface area (Å²) < 4.78 is 0.992. The highest BCUT2D eigenvalue weighted by atomic mass is 79.9. The van der Waals surface area contributed by atoms with Gasteiger partial charge in [-0.3, -0.25) is 4.79 Å². The number of likely N-dealkylation sites (tertiary alicyclic amines) is 1. The van der Waals surface area contributed by atoms with Gasteiger partial charge in [0.15, 0.2) is 5.78 Å². The first-order valence-corrected chi connectivity index (χ1v) is 7.60. The fraction of sp³-hybridized carbons (Fsp3) is 0.533. The smallest absolute Gasteiger partial charge is 0.164 e. The number of ketones is 1. The van der Waals surface area contributed by atoms with Gasteiger partial charge < -0.3 is 10.0 Å². The number of carbonyl (C=O) groups is 1. The Bertz CT molecular complexity index is 419. The van der Waals surface area contributed by atoms with E-state index in [4.69, 9.17) is 0 Å². The van der Waals surface area contributed by atoms with Gasteiger partial charge in [-0.2, -0.15) is 0 Å². The molecule has 4 heteroatoms. The Morgan fingerprint density at radius 3 is 2.79 bits per heavy atom. The summed E-state index contributed by atoms with van der Waals surface area (Å²) in [5.74, 6) is 0.579. The molecule has 2 rings (SSSR count). The van der Waals surface area contributed by atoms with Gasteiger partial charge in [-0.05, 0) is 37.4 Å². The van der Waals surface area contributed by atoms with Crippen molar-refractivity contribution in [1.82, 2.24) is 4.90 Å². The Balaban J connectivity index is 1.81. The Labute approximate surface area is 122 Å². The molecule has 1 heterocycles. The molecule has 1 atom stereocenters. The standard InChI is InChI=1S/C15H20BrNO2/c16-14-5-3-13(4-6-14)15(19)7-9-17-8-1-2-12(10-17)11-18/h3-6,12,18H,1-2,7-11H2. The second kappa shape index (κ2) is 7.17. The number of rotatable bonds is 5. The number of halogens is 1. The van der Waals surface area contributed by atoms with Crippen LogP contribution in [0.15, 0.2) is 28.7 Å². The molecule has 19 heavy (non-hydrogen) atoms. The van der Waals surface area contributed by atoms with Crippen LogP contribution in [0.4, 0.5) is 0 Å². The minimum Gasteiger partial charge on any atom is -0.396 e. The van der Waals surface area contributed by atoms with Gasteiger partial charge in [0.1, 0.15) is 0 Å². The van der Waals surface area contributed by atoms with Crippen LogP contribution in [0.3, 0.4) is 0 Å². The minimum atomic E-state index is 0.193. The molecule has 0 bridgehead atoms. The first-order valence-electron chi connectivity index (χ1n) is 6.81. The minimum absolute atomic E-state index is 0.193. The van der Waals surface area contributed by atoms with Crippen LogP contribution in [0.5, 0.6) is 0 Å². The van der Waals surface area contributed by atoms with E-state index in [0.29, 0.717) is 12.3 Å². The maximum atomic E-state index is 12.1. The summed E-state index contributed by atoms with van der Waals surface area (Å²) in [6.45, 7) is 3.02. The molecule has 1 saturated heterocycles. The van der Waals surface area contributed by atoms with E-state index in [1.54, 1.807) is 0 Å². The van der Waals surface area contributed by atoms with E-state index in [-0.39, 0.29) is 12.4 Å². The van der Waals surface area contributed by atoms with Gasteiger partial charge in [-0.25, -0.2) is 0 Å². The molecule has 0 radical (unpaired) electrons. The molecule has 104 valence electrons. The van der Waals surface area contributed by atoms with Crippen molar-refractivity contribution in [1.29, 1.82) is 0 Å². The van der Waals surface area contributed by atoms with Crippen LogP contribution in [0, 0.1) is 5.92 Å². The number of hydrogen-bond donors (Lipinski definition) is 1. The maximum absolute atomic E-state index is 12.1. The number of Topliss-reactive ketones (excluding diaryl/α,β-unsaturated/α-hetero) is 1. The highest BCUT2D eigenvalue weighted by Crippen LogP contribution is 2.17. The van der Waals surface area contributed by atoms with Gasteiger partial charge in [0.25, 0.3) is 0 Å². The molecule has 1 N–H and O–H groups in total. The van der Waals surface area contributed by atoms with E-state index >= 15 is 0 Å². The van der Waals surface area contributed by atoms with E-state index in [1.165, 1.54) is 0 Å². The molecule has 0 amide bonds. The fourth-order valence-corrected chi connectivity index (χ4v) is 2.81. The van der Waals surface area contributed by atoms with Gasteiger partial charge in [0.2, 0.25) is 0 Å². The predicted octanol–water partition coefficient (Wildman–Crippen LogP) is 2.73. The average Bonchev–Trinajstić information content (AvgIpc) is 2.46. The zero-order valence-electron chi connectivity index (χ0n) is 11.0. The predicted molar refractivity (Wildman–Crippen MR) is 79.3 cm³/mol. The highest BCUT2D eigenvalue weighted by Gasteiger charge is 2.19. The van der Waals surface area contributed by atoms with Crippen molar-refractivity contribution in [2.75, 3.05) is 26.2 Å². The summed E-state index contributed by atoms with van der Waals surface area (Å²) in [7, 11) is 0. The number of aliphatic hydroxyl groups excluding tert-OH is 1. The number of piperidine rings is 1. The molecule has 1 aromatic rings. The lowest BCUT2D eigenvalue weighted by atomic mass is 9.98. The number of nitrogens with zero attached hydrogens (tertiary/aromatic N) is 1. The van der Waals surface area contributed by atoms with Crippen molar-refractivity contribution in [3.63, 3.8) is 0 Å². The molecule has 1 fully saturated rings. The normalized spacial score (nSPS) is 20.4. The molecule has 0 spiro atoms. The first kappa shape index (κ1) is 14.7. The van der Waals surface area contributed by atoms with E-state index in [2.05, 4.69) is 20.8 Å². The molecule has 0 aliphatic carbocycles. The van der Waals surface area contributed by atoms with E-state index < -0.39 is 0 Å². The Kier molecular flexibility index (Phi) is 5.55. The van der Waals surface area contributed by atoms with Crippen molar-refractivity contribution < 1.29 is 9.90 Å². The third kappa shape index (κ3) is 4.41. The van der Waals surface area contributed by atoms with Crippen molar-refractivity contribution in [2.45, 2.75) is 19.3 Å². The number of benzene rings is 1. The van der Waals surface area contributed by atoms with Gasteiger partial charge in [0.05, 0.1) is 0 Å². The van der Waals surface area contributed by atoms with Crippen molar-refractivity contribution in [3.8, 4) is 0 Å². The molecule has 1 unspecified atom stereocenters. The van der Waals surface area contributed by atoms with Crippen LogP contribution in [-0.4, -0.2) is 42.0 Å². The van der Waals surface area contributed by atoms with Crippen molar-refractivity contribution >= 4 is 21.7 Å². The lowest BCUT2D eigenvalue weighted by Crippen LogP contribution is -2.37. The quantitative estimate of drug-likeness (QED) is 0.846. The summed E-state index contributed by atoms with van der Waals surface area (Å²) in [5, 5.41) is 9.19. The molecule has 1 aromatic carbocycles. The average molecular weight is 326 g/mol. The van der Waals surface area contributed by atoms with Gasteiger partial charge in [0, 0.05) is 36.2 Å². The van der Waals surface area contributed by atoms with E-state index in [9.17, 15) is 9.90 Å². The summed E-state index contributed by atoms with van der Waals surface area (Å²) in [4.78, 5) is 14.4. The van der Waals surface area contributed by atoms with Gasteiger partial charge >= 0.3 is 0 Å². The van der Waals surface area contributed by atoms with Gasteiger partial charge in [-0.1, -0.05) is 28.1 Å². The van der Waals surface area contributed by atoms with Crippen molar-refractivity contribution in [3.05, 3.63) is 34.3 Å². The Morgan fingerprint density at radius 2 is 2.11 bits per heavy atom. The molecular formula is C15H20BrNO2. The zero-order valence-corrected chi connectivity index (χ0v) is 12.6. The number of hydrogen-bond acceptors (Lipinski definition) is 3. The lowest BCUT2D eigenvalue weighted by Gasteiger charge is -2.31. The molecule has 1 aliphatic rings. The second-order valence-corrected chi connectivity index (χ2v) is 6.09. The Hall–Kier alpha value is -0.710.